The lowest BCUT2D eigenvalue weighted by Gasteiger charge is -2.44. The van der Waals surface area contributed by atoms with E-state index >= 15 is 4.39 Å². The second-order valence-electron chi connectivity index (χ2n) is 8.55. The molecule has 0 saturated carbocycles. The molecule has 4 rings (SSSR count). The minimum absolute atomic E-state index is 0.134. The lowest BCUT2D eigenvalue weighted by molar-refractivity contribution is -0.276. The quantitative estimate of drug-likeness (QED) is 0.407. The molecule has 1 amide bonds. The van der Waals surface area contributed by atoms with Crippen LogP contribution in [0.2, 0.25) is 5.02 Å². The highest BCUT2D eigenvalue weighted by Gasteiger charge is 2.62. The molecule has 194 valence electrons. The molecule has 1 saturated heterocycles. The first-order valence-corrected chi connectivity index (χ1v) is 12.2. The summed E-state index contributed by atoms with van der Waals surface area (Å²) < 4.78 is 97.4. The number of carbonyl (C=O) groups is 1. The summed E-state index contributed by atoms with van der Waals surface area (Å²) in [6.45, 7) is -0.268. The number of nitrogens with zero attached hydrogens (tertiary/aromatic N) is 2. The molecule has 2 aliphatic heterocycles. The zero-order valence-corrected chi connectivity index (χ0v) is 20.1. The summed E-state index contributed by atoms with van der Waals surface area (Å²) in [7, 11) is 0. The molecule has 0 aliphatic carbocycles. The van der Waals surface area contributed by atoms with Crippen molar-refractivity contribution < 1.29 is 40.4 Å². The normalized spacial score (nSPS) is 21.6. The molecule has 0 spiro atoms. The monoisotopic (exact) mass is 554 g/mol. The summed E-state index contributed by atoms with van der Waals surface area (Å²) in [4.78, 5) is 18.0. The summed E-state index contributed by atoms with van der Waals surface area (Å²) >= 11 is 6.88. The Bertz CT molecular complexity index is 1190. The first-order chi connectivity index (χ1) is 16.7. The standard InChI is InChI=1S/C23H18ClF7N2O2S/c1-36-10-19(34)33-11-20(25,12-33)14-4-2-13(3-5-14)18-9-21(35-32-18,23(29,30)31)15-6-7-17(24)16(8-15)22(26,27)28/h2-8H,9-12H2,1H3. The van der Waals surface area contributed by atoms with Crippen LogP contribution in [0.1, 0.15) is 28.7 Å². The highest BCUT2D eigenvalue weighted by Crippen LogP contribution is 2.50. The number of thioether (sulfide) groups is 1. The summed E-state index contributed by atoms with van der Waals surface area (Å²) in [6.07, 6.45) is -9.23. The van der Waals surface area contributed by atoms with Gasteiger partial charge in [-0.3, -0.25) is 4.79 Å². The minimum Gasteiger partial charge on any atom is -0.374 e. The van der Waals surface area contributed by atoms with Gasteiger partial charge in [-0.15, -0.1) is 0 Å². The van der Waals surface area contributed by atoms with Gasteiger partial charge < -0.3 is 9.74 Å². The largest absolute Gasteiger partial charge is 0.435 e. The van der Waals surface area contributed by atoms with Gasteiger partial charge in [-0.05, 0) is 29.5 Å². The molecule has 0 aromatic heterocycles. The van der Waals surface area contributed by atoms with Gasteiger partial charge in [-0.1, -0.05) is 47.1 Å². The third kappa shape index (κ3) is 4.65. The fourth-order valence-electron chi connectivity index (χ4n) is 4.15. The molecule has 1 atom stereocenters. The minimum atomic E-state index is -5.11. The highest BCUT2D eigenvalue weighted by molar-refractivity contribution is 7.99. The Balaban J connectivity index is 1.56. The molecule has 2 aromatic rings. The highest BCUT2D eigenvalue weighted by atomic mass is 35.5. The maximum atomic E-state index is 15.2. The lowest BCUT2D eigenvalue weighted by Crippen LogP contribution is -2.59. The molecule has 0 radical (unpaired) electrons. The van der Waals surface area contributed by atoms with E-state index in [-0.39, 0.29) is 41.6 Å². The van der Waals surface area contributed by atoms with E-state index in [9.17, 15) is 31.1 Å². The van der Waals surface area contributed by atoms with Crippen molar-refractivity contribution in [3.8, 4) is 0 Å². The summed E-state index contributed by atoms with van der Waals surface area (Å²) in [6, 6.07) is 7.35. The zero-order valence-electron chi connectivity index (χ0n) is 18.5. The van der Waals surface area contributed by atoms with E-state index in [1.165, 1.54) is 40.9 Å². The van der Waals surface area contributed by atoms with Crippen molar-refractivity contribution in [1.82, 2.24) is 4.90 Å². The number of oxime groups is 1. The van der Waals surface area contributed by atoms with E-state index in [2.05, 4.69) is 5.16 Å². The number of hydrogen-bond acceptors (Lipinski definition) is 4. The number of carbonyl (C=O) groups excluding carboxylic acids is 1. The molecule has 2 aliphatic rings. The molecule has 2 aromatic carbocycles. The Morgan fingerprint density at radius 3 is 2.25 bits per heavy atom. The van der Waals surface area contributed by atoms with Gasteiger partial charge >= 0.3 is 12.4 Å². The number of alkyl halides is 7. The predicted octanol–water partition coefficient (Wildman–Crippen LogP) is 6.31. The fraction of sp³-hybridized carbons (Fsp3) is 0.391. The predicted molar refractivity (Wildman–Crippen MR) is 121 cm³/mol. The van der Waals surface area contributed by atoms with Crippen molar-refractivity contribution in [3.63, 3.8) is 0 Å². The zero-order chi connectivity index (χ0) is 26.5. The molecule has 4 nitrogen and oxygen atoms in total. The smallest absolute Gasteiger partial charge is 0.374 e. The number of hydrogen-bond donors (Lipinski definition) is 0. The second kappa shape index (κ2) is 9.13. The van der Waals surface area contributed by atoms with E-state index in [4.69, 9.17) is 16.4 Å². The molecule has 2 heterocycles. The molecular formula is C23H18ClF7N2O2S. The van der Waals surface area contributed by atoms with Crippen LogP contribution >= 0.6 is 23.4 Å². The van der Waals surface area contributed by atoms with Gasteiger partial charge in [0.15, 0.2) is 5.67 Å². The van der Waals surface area contributed by atoms with Gasteiger partial charge in [0.1, 0.15) is 0 Å². The van der Waals surface area contributed by atoms with E-state index < -0.39 is 46.2 Å². The Hall–Kier alpha value is -2.47. The molecule has 36 heavy (non-hydrogen) atoms. The Kier molecular flexibility index (Phi) is 6.74. The first kappa shape index (κ1) is 26.6. The molecule has 1 unspecified atom stereocenters. The van der Waals surface area contributed by atoms with Gasteiger partial charge in [-0.2, -0.15) is 38.1 Å². The third-order valence-corrected chi connectivity index (χ3v) is 7.03. The average molecular weight is 555 g/mol. The second-order valence-corrected chi connectivity index (χ2v) is 9.82. The third-order valence-electron chi connectivity index (χ3n) is 6.16. The summed E-state index contributed by atoms with van der Waals surface area (Å²) in [5, 5.41) is 2.78. The van der Waals surface area contributed by atoms with Crippen LogP contribution in [-0.4, -0.2) is 47.8 Å². The SMILES string of the molecule is CSCC(=O)N1CC(F)(c2ccc(C3=NOC(c4ccc(Cl)c(C(F)(F)F)c4)(C(F)(F)F)C3)cc2)C1. The van der Waals surface area contributed by atoms with Crippen LogP contribution in [0.5, 0.6) is 0 Å². The first-order valence-electron chi connectivity index (χ1n) is 10.5. The lowest BCUT2D eigenvalue weighted by atomic mass is 9.84. The Morgan fingerprint density at radius 1 is 1.08 bits per heavy atom. The van der Waals surface area contributed by atoms with Crippen molar-refractivity contribution >= 4 is 35.0 Å². The van der Waals surface area contributed by atoms with Gasteiger partial charge in [0.2, 0.25) is 5.91 Å². The van der Waals surface area contributed by atoms with Crippen LogP contribution in [0.4, 0.5) is 30.7 Å². The number of rotatable bonds is 5. The molecule has 0 N–H and O–H groups in total. The number of benzene rings is 2. The fourth-order valence-corrected chi connectivity index (χ4v) is 4.80. The van der Waals surface area contributed by atoms with E-state index in [1.807, 2.05) is 0 Å². The topological polar surface area (TPSA) is 41.9 Å². The maximum Gasteiger partial charge on any atom is 0.435 e. The Morgan fingerprint density at radius 2 is 1.69 bits per heavy atom. The van der Waals surface area contributed by atoms with E-state index in [0.717, 1.165) is 12.1 Å². The number of amides is 1. The van der Waals surface area contributed by atoms with Crippen LogP contribution in [0.3, 0.4) is 0 Å². The van der Waals surface area contributed by atoms with Crippen LogP contribution in [0, 0.1) is 0 Å². The number of halogens is 8. The van der Waals surface area contributed by atoms with Crippen molar-refractivity contribution in [2.24, 2.45) is 5.16 Å². The van der Waals surface area contributed by atoms with Crippen molar-refractivity contribution in [2.75, 3.05) is 25.1 Å². The Labute approximate surface area is 210 Å². The van der Waals surface area contributed by atoms with Gasteiger partial charge in [0.25, 0.3) is 5.60 Å². The van der Waals surface area contributed by atoms with Crippen LogP contribution in [0.15, 0.2) is 47.6 Å². The molecule has 0 bridgehead atoms. The van der Waals surface area contributed by atoms with Gasteiger partial charge in [0.05, 0.1) is 35.1 Å². The average Bonchev–Trinajstić information content (AvgIpc) is 3.24. The maximum absolute atomic E-state index is 15.2. The van der Waals surface area contributed by atoms with Gasteiger partial charge in [-0.25, -0.2) is 4.39 Å². The summed E-state index contributed by atoms with van der Waals surface area (Å²) in [5.41, 5.74) is -6.89. The molecule has 1 fully saturated rings. The van der Waals surface area contributed by atoms with Crippen molar-refractivity contribution in [3.05, 3.63) is 69.7 Å². The molecule has 13 heteroatoms. The van der Waals surface area contributed by atoms with Crippen LogP contribution in [0.25, 0.3) is 0 Å². The van der Waals surface area contributed by atoms with Crippen molar-refractivity contribution in [1.29, 1.82) is 0 Å². The number of likely N-dealkylation sites (tertiary alicyclic amines) is 1. The van der Waals surface area contributed by atoms with E-state index in [0.29, 0.717) is 6.07 Å². The van der Waals surface area contributed by atoms with E-state index in [1.54, 1.807) is 6.26 Å². The van der Waals surface area contributed by atoms with Gasteiger partial charge in [0, 0.05) is 12.0 Å². The van der Waals surface area contributed by atoms with Crippen molar-refractivity contribution in [2.45, 2.75) is 30.0 Å². The summed E-state index contributed by atoms with van der Waals surface area (Å²) in [5.74, 6) is 0.0395. The molecular weight excluding hydrogens is 537 g/mol. The van der Waals surface area contributed by atoms with Crippen LogP contribution in [-0.2, 0) is 27.1 Å². The van der Waals surface area contributed by atoms with Crippen LogP contribution < -0.4 is 0 Å².